The van der Waals surface area contributed by atoms with Crippen molar-refractivity contribution >= 4 is 0 Å². The maximum absolute atomic E-state index is 8.74. The summed E-state index contributed by atoms with van der Waals surface area (Å²) in [6.45, 7) is 10.5. The van der Waals surface area contributed by atoms with Crippen LogP contribution in [0.5, 0.6) is 0 Å². The molecule has 1 N–H and O–H groups in total. The van der Waals surface area contributed by atoms with Crippen LogP contribution in [0.1, 0.15) is 47.0 Å². The Labute approximate surface area is 76.5 Å². The zero-order valence-electron chi connectivity index (χ0n) is 8.93. The van der Waals surface area contributed by atoms with Gasteiger partial charge in [-0.2, -0.15) is 5.06 Å². The lowest BCUT2D eigenvalue weighted by atomic mass is 10.0. The lowest BCUT2D eigenvalue weighted by Gasteiger charge is -2.18. The van der Waals surface area contributed by atoms with Crippen LogP contribution in [-0.4, -0.2) is 23.4 Å². The normalized spacial score (nSPS) is 19.8. The molecule has 12 heavy (non-hydrogen) atoms. The summed E-state index contributed by atoms with van der Waals surface area (Å²) in [5.41, 5.74) is 0.500. The minimum Gasteiger partial charge on any atom is -0.314 e. The third kappa shape index (κ3) is 12.6. The van der Waals surface area contributed by atoms with E-state index < -0.39 is 0 Å². The van der Waals surface area contributed by atoms with E-state index in [9.17, 15) is 0 Å². The molecule has 2 nitrogen and oxygen atoms in total. The molecule has 1 aliphatic rings. The fraction of sp³-hybridized carbons (Fsp3) is 1.00. The van der Waals surface area contributed by atoms with Crippen LogP contribution in [0.4, 0.5) is 0 Å². The van der Waals surface area contributed by atoms with E-state index in [0.29, 0.717) is 5.41 Å². The van der Waals surface area contributed by atoms with Crippen molar-refractivity contribution in [2.45, 2.75) is 47.0 Å². The number of piperidine rings is 1. The van der Waals surface area contributed by atoms with Crippen molar-refractivity contribution in [1.82, 2.24) is 5.06 Å². The van der Waals surface area contributed by atoms with Gasteiger partial charge in [0.05, 0.1) is 0 Å². The van der Waals surface area contributed by atoms with Crippen LogP contribution in [-0.2, 0) is 0 Å². The Balaban J connectivity index is 0.000000217. The highest BCUT2D eigenvalue weighted by Gasteiger charge is 2.04. The SMILES string of the molecule is CC(C)(C)C.ON1CCCCC1. The van der Waals surface area contributed by atoms with Crippen molar-refractivity contribution in [3.8, 4) is 0 Å². The van der Waals surface area contributed by atoms with Gasteiger partial charge in [0.15, 0.2) is 0 Å². The standard InChI is InChI=1S/C5H11NO.C5H12/c7-6-4-2-1-3-5-6;1-5(2,3)4/h7H,1-5H2;1-4H3. The summed E-state index contributed by atoms with van der Waals surface area (Å²) < 4.78 is 0. The summed E-state index contributed by atoms with van der Waals surface area (Å²) in [6, 6.07) is 0. The Morgan fingerprint density at radius 1 is 0.917 bits per heavy atom. The number of nitrogens with zero attached hydrogens (tertiary/aromatic N) is 1. The van der Waals surface area contributed by atoms with Crippen LogP contribution in [0.15, 0.2) is 0 Å². The van der Waals surface area contributed by atoms with E-state index in [1.165, 1.54) is 11.5 Å². The molecule has 0 aromatic carbocycles. The van der Waals surface area contributed by atoms with Crippen LogP contribution in [0, 0.1) is 5.41 Å². The van der Waals surface area contributed by atoms with Gasteiger partial charge in [-0.25, -0.2) is 0 Å². The van der Waals surface area contributed by atoms with E-state index >= 15 is 0 Å². The second-order valence-electron chi connectivity index (χ2n) is 5.01. The zero-order valence-corrected chi connectivity index (χ0v) is 8.93. The molecule has 1 fully saturated rings. The maximum atomic E-state index is 8.74. The Morgan fingerprint density at radius 3 is 1.42 bits per heavy atom. The van der Waals surface area contributed by atoms with Crippen molar-refractivity contribution in [3.05, 3.63) is 0 Å². The molecule has 0 saturated carbocycles. The second-order valence-corrected chi connectivity index (χ2v) is 5.01. The number of hydrogen-bond donors (Lipinski definition) is 1. The van der Waals surface area contributed by atoms with Gasteiger partial charge < -0.3 is 5.21 Å². The molecule has 0 aliphatic carbocycles. The predicted octanol–water partition coefficient (Wildman–Crippen LogP) is 2.91. The van der Waals surface area contributed by atoms with Gasteiger partial charge in [0, 0.05) is 13.1 Å². The van der Waals surface area contributed by atoms with Gasteiger partial charge in [-0.05, 0) is 18.3 Å². The summed E-state index contributed by atoms with van der Waals surface area (Å²) in [5.74, 6) is 0. The topological polar surface area (TPSA) is 23.5 Å². The van der Waals surface area contributed by atoms with E-state index in [-0.39, 0.29) is 0 Å². The Kier molecular flexibility index (Phi) is 5.51. The minimum absolute atomic E-state index is 0.500. The summed E-state index contributed by atoms with van der Waals surface area (Å²) in [5, 5.41) is 10.1. The first-order valence-corrected chi connectivity index (χ1v) is 4.83. The molecule has 0 atom stereocenters. The second kappa shape index (κ2) is 5.55. The van der Waals surface area contributed by atoms with Gasteiger partial charge in [0.2, 0.25) is 0 Å². The fourth-order valence-corrected chi connectivity index (χ4v) is 0.877. The smallest absolute Gasteiger partial charge is 0.0238 e. The fourth-order valence-electron chi connectivity index (χ4n) is 0.877. The summed E-state index contributed by atoms with van der Waals surface area (Å²) >= 11 is 0. The third-order valence-electron chi connectivity index (χ3n) is 1.33. The summed E-state index contributed by atoms with van der Waals surface area (Å²) in [7, 11) is 0. The zero-order chi connectivity index (χ0) is 9.61. The van der Waals surface area contributed by atoms with E-state index in [1.807, 2.05) is 0 Å². The molecule has 1 aliphatic heterocycles. The minimum atomic E-state index is 0.500. The summed E-state index contributed by atoms with van der Waals surface area (Å²) in [4.78, 5) is 0. The van der Waals surface area contributed by atoms with Crippen molar-refractivity contribution in [3.63, 3.8) is 0 Å². The largest absolute Gasteiger partial charge is 0.314 e. The highest BCUT2D eigenvalue weighted by Crippen LogP contribution is 2.08. The number of hydroxylamine groups is 2. The highest BCUT2D eigenvalue weighted by molar-refractivity contribution is 4.54. The predicted molar refractivity (Wildman–Crippen MR) is 52.3 cm³/mol. The average Bonchev–Trinajstić information content (AvgIpc) is 1.85. The summed E-state index contributed by atoms with van der Waals surface area (Å²) in [6.07, 6.45) is 3.62. The van der Waals surface area contributed by atoms with E-state index in [0.717, 1.165) is 25.9 Å². The molecule has 0 aromatic rings. The first-order chi connectivity index (χ1) is 5.39. The molecule has 1 rings (SSSR count). The van der Waals surface area contributed by atoms with Crippen LogP contribution < -0.4 is 0 Å². The molecular formula is C10H23NO. The van der Waals surface area contributed by atoms with Gasteiger partial charge in [0.1, 0.15) is 0 Å². The Bertz CT molecular complexity index is 94.9. The quantitative estimate of drug-likeness (QED) is 0.609. The first-order valence-electron chi connectivity index (χ1n) is 4.83. The van der Waals surface area contributed by atoms with Crippen molar-refractivity contribution in [2.24, 2.45) is 5.41 Å². The first kappa shape index (κ1) is 11.9. The molecule has 0 bridgehead atoms. The van der Waals surface area contributed by atoms with E-state index in [1.54, 1.807) is 0 Å². The Morgan fingerprint density at radius 2 is 1.25 bits per heavy atom. The highest BCUT2D eigenvalue weighted by atomic mass is 16.5. The molecule has 0 amide bonds. The monoisotopic (exact) mass is 173 g/mol. The maximum Gasteiger partial charge on any atom is 0.0238 e. The lowest BCUT2D eigenvalue weighted by Crippen LogP contribution is -2.25. The molecule has 1 saturated heterocycles. The molecule has 1 heterocycles. The molecule has 0 spiro atoms. The molecule has 2 heteroatoms. The van der Waals surface area contributed by atoms with E-state index in [2.05, 4.69) is 27.7 Å². The van der Waals surface area contributed by atoms with Crippen LogP contribution in [0.25, 0.3) is 0 Å². The molecule has 0 radical (unpaired) electrons. The van der Waals surface area contributed by atoms with Gasteiger partial charge >= 0.3 is 0 Å². The molecular weight excluding hydrogens is 150 g/mol. The molecule has 74 valence electrons. The van der Waals surface area contributed by atoms with Crippen LogP contribution in [0.3, 0.4) is 0 Å². The van der Waals surface area contributed by atoms with Crippen molar-refractivity contribution in [2.75, 3.05) is 13.1 Å². The van der Waals surface area contributed by atoms with Crippen LogP contribution >= 0.6 is 0 Å². The number of hydrogen-bond acceptors (Lipinski definition) is 2. The molecule has 0 aromatic heterocycles. The van der Waals surface area contributed by atoms with Crippen molar-refractivity contribution in [1.29, 1.82) is 0 Å². The van der Waals surface area contributed by atoms with Gasteiger partial charge in [-0.15, -0.1) is 0 Å². The third-order valence-corrected chi connectivity index (χ3v) is 1.33. The average molecular weight is 173 g/mol. The van der Waals surface area contributed by atoms with Crippen molar-refractivity contribution < 1.29 is 5.21 Å². The molecule has 0 unspecified atom stereocenters. The Hall–Kier alpha value is -0.0800. The van der Waals surface area contributed by atoms with Gasteiger partial charge in [0.25, 0.3) is 0 Å². The number of rotatable bonds is 0. The lowest BCUT2D eigenvalue weighted by molar-refractivity contribution is -0.103. The van der Waals surface area contributed by atoms with Gasteiger partial charge in [-0.3, -0.25) is 0 Å². The van der Waals surface area contributed by atoms with Gasteiger partial charge in [-0.1, -0.05) is 34.1 Å². The van der Waals surface area contributed by atoms with Crippen LogP contribution in [0.2, 0.25) is 0 Å². The van der Waals surface area contributed by atoms with E-state index in [4.69, 9.17) is 5.21 Å².